The number of rotatable bonds is 15. The van der Waals surface area contributed by atoms with Crippen molar-refractivity contribution in [2.75, 3.05) is 13.2 Å². The minimum absolute atomic E-state index is 0.805. The van der Waals surface area contributed by atoms with E-state index in [1.54, 1.807) is 11.3 Å². The van der Waals surface area contributed by atoms with E-state index in [2.05, 4.69) is 68.7 Å². The van der Waals surface area contributed by atoms with Gasteiger partial charge in [-0.2, -0.15) is 0 Å². The van der Waals surface area contributed by atoms with Gasteiger partial charge in [0.2, 0.25) is 0 Å². The van der Waals surface area contributed by atoms with Crippen molar-refractivity contribution in [2.24, 2.45) is 11.8 Å². The fourth-order valence-electron chi connectivity index (χ4n) is 3.85. The topological polar surface area (TPSA) is 21.3 Å². The normalized spacial score (nSPS) is 12.4. The molecule has 1 aromatic heterocycles. The molecule has 161 valence electrons. The highest BCUT2D eigenvalue weighted by Gasteiger charge is 2.09. The predicted molar refractivity (Wildman–Crippen MR) is 129 cm³/mol. The van der Waals surface area contributed by atoms with Gasteiger partial charge in [0, 0.05) is 17.0 Å². The molecule has 1 unspecified atom stereocenters. The maximum absolute atomic E-state index is 6.20. The minimum Gasteiger partial charge on any atom is -0.493 e. The zero-order valence-corrected chi connectivity index (χ0v) is 19.5. The monoisotopic (exact) mass is 414 g/mol. The number of thiophene rings is 1. The summed E-state index contributed by atoms with van der Waals surface area (Å²) in [5.41, 5.74) is 2.51. The SMILES string of the molecule is [CH2]CCNCc1ccc(OCCCCCCC(C)CC(C)C)c(-c2cccs2)c1. The van der Waals surface area contributed by atoms with Gasteiger partial charge in [-0.15, -0.1) is 11.3 Å². The number of unbranched alkanes of at least 4 members (excludes halogenated alkanes) is 3. The Bertz CT molecular complexity index is 665. The van der Waals surface area contributed by atoms with Crippen molar-refractivity contribution in [2.45, 2.75) is 72.3 Å². The van der Waals surface area contributed by atoms with Crippen molar-refractivity contribution in [1.82, 2.24) is 5.32 Å². The summed E-state index contributed by atoms with van der Waals surface area (Å²) in [6.45, 7) is 13.6. The second-order valence-corrected chi connectivity index (χ2v) is 9.57. The Morgan fingerprint density at radius 1 is 1.07 bits per heavy atom. The molecule has 1 N–H and O–H groups in total. The molecule has 0 saturated carbocycles. The van der Waals surface area contributed by atoms with E-state index >= 15 is 0 Å². The van der Waals surface area contributed by atoms with E-state index in [1.165, 1.54) is 48.1 Å². The number of hydrogen-bond donors (Lipinski definition) is 1. The molecule has 0 saturated heterocycles. The van der Waals surface area contributed by atoms with Crippen molar-refractivity contribution < 1.29 is 4.74 Å². The van der Waals surface area contributed by atoms with Crippen LogP contribution in [0.5, 0.6) is 5.75 Å². The standard InChI is InChI=1S/C26H40NOS/c1-5-15-27-20-23-13-14-25(24(19-23)26-12-10-17-29-26)28-16-9-7-6-8-11-22(4)18-21(2)3/h10,12-14,17,19,21-22,27H,1,5-9,11,15-16,18,20H2,2-4H3. The van der Waals surface area contributed by atoms with Gasteiger partial charge in [0.1, 0.15) is 5.75 Å². The Morgan fingerprint density at radius 3 is 2.62 bits per heavy atom. The van der Waals surface area contributed by atoms with Gasteiger partial charge in [0.05, 0.1) is 6.61 Å². The summed E-state index contributed by atoms with van der Waals surface area (Å²) in [6.07, 6.45) is 8.70. The zero-order chi connectivity index (χ0) is 20.9. The highest BCUT2D eigenvalue weighted by molar-refractivity contribution is 7.13. The molecule has 2 rings (SSSR count). The van der Waals surface area contributed by atoms with Gasteiger partial charge in [0.25, 0.3) is 0 Å². The summed E-state index contributed by atoms with van der Waals surface area (Å²) in [6, 6.07) is 10.9. The smallest absolute Gasteiger partial charge is 0.127 e. The van der Waals surface area contributed by atoms with Crippen molar-refractivity contribution in [3.05, 3.63) is 48.2 Å². The van der Waals surface area contributed by atoms with E-state index in [4.69, 9.17) is 4.74 Å². The summed E-state index contributed by atoms with van der Waals surface area (Å²) in [7, 11) is 0. The third kappa shape index (κ3) is 9.35. The molecule has 0 bridgehead atoms. The van der Waals surface area contributed by atoms with Crippen LogP contribution in [0.4, 0.5) is 0 Å². The molecule has 3 heteroatoms. The molecule has 1 radical (unpaired) electrons. The van der Waals surface area contributed by atoms with E-state index in [1.807, 2.05) is 0 Å². The lowest BCUT2D eigenvalue weighted by Crippen LogP contribution is -2.13. The summed E-state index contributed by atoms with van der Waals surface area (Å²) in [4.78, 5) is 1.28. The van der Waals surface area contributed by atoms with Crippen LogP contribution < -0.4 is 10.1 Å². The van der Waals surface area contributed by atoms with Crippen LogP contribution in [0.2, 0.25) is 0 Å². The lowest BCUT2D eigenvalue weighted by molar-refractivity contribution is 0.304. The molecule has 1 aromatic carbocycles. The van der Waals surface area contributed by atoms with Gasteiger partial charge < -0.3 is 10.1 Å². The second kappa shape index (κ2) is 13.8. The molecule has 0 fully saturated rings. The highest BCUT2D eigenvalue weighted by Crippen LogP contribution is 2.34. The quantitative estimate of drug-likeness (QED) is 0.301. The van der Waals surface area contributed by atoms with Crippen LogP contribution in [-0.4, -0.2) is 13.2 Å². The molecule has 1 heterocycles. The molecule has 29 heavy (non-hydrogen) atoms. The van der Waals surface area contributed by atoms with Crippen LogP contribution in [0.3, 0.4) is 0 Å². The van der Waals surface area contributed by atoms with Crippen molar-refractivity contribution in [3.8, 4) is 16.2 Å². The van der Waals surface area contributed by atoms with Crippen LogP contribution >= 0.6 is 11.3 Å². The average molecular weight is 415 g/mol. The Morgan fingerprint density at radius 2 is 1.90 bits per heavy atom. The maximum atomic E-state index is 6.20. The second-order valence-electron chi connectivity index (χ2n) is 8.62. The lowest BCUT2D eigenvalue weighted by Gasteiger charge is -2.14. The summed E-state index contributed by atoms with van der Waals surface area (Å²) in [5.74, 6) is 2.70. The number of ether oxygens (including phenoxy) is 1. The summed E-state index contributed by atoms with van der Waals surface area (Å²) < 4.78 is 6.20. The Balaban J connectivity index is 1.78. The van der Waals surface area contributed by atoms with Crippen LogP contribution in [0, 0.1) is 18.8 Å². The zero-order valence-electron chi connectivity index (χ0n) is 18.7. The first-order valence-electron chi connectivity index (χ1n) is 11.4. The fourth-order valence-corrected chi connectivity index (χ4v) is 4.60. The molecule has 0 aliphatic carbocycles. The summed E-state index contributed by atoms with van der Waals surface area (Å²) >= 11 is 1.77. The predicted octanol–water partition coefficient (Wildman–Crippen LogP) is 7.74. The van der Waals surface area contributed by atoms with Crippen LogP contribution in [-0.2, 0) is 6.54 Å². The van der Waals surface area contributed by atoms with Crippen molar-refractivity contribution in [3.63, 3.8) is 0 Å². The van der Waals surface area contributed by atoms with E-state index in [-0.39, 0.29) is 0 Å². The Hall–Kier alpha value is -1.32. The van der Waals surface area contributed by atoms with E-state index in [0.29, 0.717) is 0 Å². The van der Waals surface area contributed by atoms with Gasteiger partial charge in [-0.1, -0.05) is 65.5 Å². The third-order valence-electron chi connectivity index (χ3n) is 5.24. The van der Waals surface area contributed by atoms with Gasteiger partial charge in [-0.3, -0.25) is 0 Å². The lowest BCUT2D eigenvalue weighted by atomic mass is 9.94. The third-order valence-corrected chi connectivity index (χ3v) is 6.14. The van der Waals surface area contributed by atoms with Gasteiger partial charge in [0.15, 0.2) is 0 Å². The van der Waals surface area contributed by atoms with Gasteiger partial charge in [-0.25, -0.2) is 0 Å². The maximum Gasteiger partial charge on any atom is 0.127 e. The largest absolute Gasteiger partial charge is 0.493 e. The minimum atomic E-state index is 0.805. The van der Waals surface area contributed by atoms with Crippen LogP contribution in [0.25, 0.3) is 10.4 Å². The highest BCUT2D eigenvalue weighted by atomic mass is 32.1. The number of hydrogen-bond acceptors (Lipinski definition) is 3. The van der Waals surface area contributed by atoms with Crippen molar-refractivity contribution >= 4 is 11.3 Å². The molecule has 0 aliphatic rings. The number of benzene rings is 1. The van der Waals surface area contributed by atoms with E-state index in [0.717, 1.165) is 50.1 Å². The molecule has 0 spiro atoms. The Kier molecular flexibility index (Phi) is 11.4. The fraction of sp³-hybridized carbons (Fsp3) is 0.577. The van der Waals surface area contributed by atoms with E-state index in [9.17, 15) is 0 Å². The average Bonchev–Trinajstić information content (AvgIpc) is 3.22. The van der Waals surface area contributed by atoms with E-state index < -0.39 is 0 Å². The first-order chi connectivity index (χ1) is 14.1. The first kappa shape index (κ1) is 24.0. The van der Waals surface area contributed by atoms with Crippen LogP contribution in [0.15, 0.2) is 35.7 Å². The molecular formula is C26H40NOS. The van der Waals surface area contributed by atoms with Gasteiger partial charge in [-0.05, 0) is 66.8 Å². The first-order valence-corrected chi connectivity index (χ1v) is 12.3. The molecule has 2 aromatic rings. The summed E-state index contributed by atoms with van der Waals surface area (Å²) in [5, 5.41) is 5.57. The molecule has 2 nitrogen and oxygen atoms in total. The van der Waals surface area contributed by atoms with Gasteiger partial charge >= 0.3 is 0 Å². The Labute approximate surface area is 183 Å². The molecule has 1 atom stereocenters. The molecular weight excluding hydrogens is 374 g/mol. The van der Waals surface area contributed by atoms with Crippen molar-refractivity contribution in [1.29, 1.82) is 0 Å². The molecule has 0 aliphatic heterocycles. The molecule has 0 amide bonds. The number of nitrogens with one attached hydrogen (secondary N) is 1. The van der Waals surface area contributed by atoms with Crippen LogP contribution in [0.1, 0.15) is 71.3 Å².